The molecule has 0 bridgehead atoms. The van der Waals surface area contributed by atoms with Crippen molar-refractivity contribution in [3.63, 3.8) is 0 Å². The Morgan fingerprint density at radius 1 is 1.57 bits per heavy atom. The summed E-state index contributed by atoms with van der Waals surface area (Å²) in [6.45, 7) is 2.98. The number of ether oxygens (including phenoxy) is 1. The molecule has 0 aromatic heterocycles. The summed E-state index contributed by atoms with van der Waals surface area (Å²) < 4.78 is 12.9. The molecule has 0 spiro atoms. The maximum absolute atomic E-state index is 8.25. The summed E-state index contributed by atoms with van der Waals surface area (Å²) in [4.78, 5) is 0. The van der Waals surface area contributed by atoms with E-state index in [4.69, 9.17) is 8.06 Å². The molecule has 0 N–H and O–H groups in total. The Bertz CT molecular complexity index is 23.7. The molecule has 0 fully saturated rings. The molecule has 0 radical (unpaired) electrons. The minimum absolute atomic E-state index is 0.750. The molecule has 0 aliphatic carbocycles. The van der Waals surface area contributed by atoms with E-state index in [1.54, 1.807) is 7.11 Å². The summed E-state index contributed by atoms with van der Waals surface area (Å²) in [5, 5.41) is 0. The van der Waals surface area contributed by atoms with Gasteiger partial charge < -0.3 is 4.74 Å². The summed E-state index contributed by atoms with van der Waals surface area (Å²) in [5.74, 6) is 0. The first-order chi connectivity index (χ1) is 3.41. The van der Waals surface area contributed by atoms with Gasteiger partial charge in [0.15, 0.2) is 0 Å². The van der Waals surface area contributed by atoms with Gasteiger partial charge in [0.25, 0.3) is 0 Å². The van der Waals surface area contributed by atoms with Crippen molar-refractivity contribution in [1.82, 2.24) is 0 Å². The SMILES string of the molecule is CCCOC.[O]=[Ti]. The van der Waals surface area contributed by atoms with Crippen molar-refractivity contribution in [2.24, 2.45) is 0 Å². The molecule has 2 nitrogen and oxygen atoms in total. The number of hydrogen-bond acceptors (Lipinski definition) is 2. The average Bonchev–Trinajstić information content (AvgIpc) is 1.75. The molecule has 0 saturated heterocycles. The van der Waals surface area contributed by atoms with Gasteiger partial charge in [-0.3, -0.25) is 0 Å². The zero-order valence-electron chi connectivity index (χ0n) is 4.73. The molecule has 0 aliphatic heterocycles. The van der Waals surface area contributed by atoms with E-state index >= 15 is 0 Å². The fourth-order valence-corrected chi connectivity index (χ4v) is 0.204. The van der Waals surface area contributed by atoms with Crippen LogP contribution in [-0.2, 0) is 28.5 Å². The van der Waals surface area contributed by atoms with E-state index in [-0.39, 0.29) is 0 Å². The van der Waals surface area contributed by atoms with Crippen molar-refractivity contribution in [1.29, 1.82) is 0 Å². The number of rotatable bonds is 2. The van der Waals surface area contributed by atoms with E-state index < -0.39 is 0 Å². The van der Waals surface area contributed by atoms with Gasteiger partial charge in [-0.25, -0.2) is 0 Å². The minimum atomic E-state index is 0.750. The molecule has 42 valence electrons. The van der Waals surface area contributed by atoms with Crippen molar-refractivity contribution in [2.75, 3.05) is 13.7 Å². The molecule has 0 aliphatic rings. The normalized spacial score (nSPS) is 6.43. The Balaban J connectivity index is 0. The van der Waals surface area contributed by atoms with Gasteiger partial charge in [0.2, 0.25) is 0 Å². The summed E-state index contributed by atoms with van der Waals surface area (Å²) in [7, 11) is 1.71. The van der Waals surface area contributed by atoms with Crippen LogP contribution in [0.3, 0.4) is 0 Å². The van der Waals surface area contributed by atoms with Crippen LogP contribution in [0.5, 0.6) is 0 Å². The van der Waals surface area contributed by atoms with E-state index in [0.717, 1.165) is 33.4 Å². The zero-order chi connectivity index (χ0) is 6.12. The fourth-order valence-electron chi connectivity index (χ4n) is 0.204. The molecule has 0 atom stereocenters. The molecule has 0 amide bonds. The van der Waals surface area contributed by atoms with Crippen LogP contribution in [0.25, 0.3) is 0 Å². The second kappa shape index (κ2) is 16.1. The Labute approximate surface area is 56.0 Å². The van der Waals surface area contributed by atoms with Crippen LogP contribution in [-0.4, -0.2) is 13.7 Å². The summed E-state index contributed by atoms with van der Waals surface area (Å²) in [5.41, 5.74) is 0. The number of methoxy groups -OCH3 is 1. The van der Waals surface area contributed by atoms with Crippen LogP contribution in [0.15, 0.2) is 0 Å². The molecular formula is C4H10O2Ti. The van der Waals surface area contributed by atoms with Crippen LogP contribution in [0.1, 0.15) is 13.3 Å². The third-order valence-corrected chi connectivity index (χ3v) is 0.408. The first-order valence-corrected chi connectivity index (χ1v) is 2.75. The van der Waals surface area contributed by atoms with Gasteiger partial charge in [-0.15, -0.1) is 0 Å². The fraction of sp³-hybridized carbons (Fsp3) is 1.00. The molecule has 3 heteroatoms. The van der Waals surface area contributed by atoms with Crippen LogP contribution in [0, 0.1) is 0 Å². The Morgan fingerprint density at radius 3 is 2.00 bits per heavy atom. The third kappa shape index (κ3) is 21.2. The van der Waals surface area contributed by atoms with Crippen molar-refractivity contribution in [3.8, 4) is 0 Å². The van der Waals surface area contributed by atoms with Gasteiger partial charge in [0.1, 0.15) is 0 Å². The predicted molar refractivity (Wildman–Crippen MR) is 22.9 cm³/mol. The topological polar surface area (TPSA) is 26.3 Å². The molecule has 0 aromatic rings. The van der Waals surface area contributed by atoms with E-state index in [1.807, 2.05) is 0 Å². The summed E-state index contributed by atoms with van der Waals surface area (Å²) >= 11 is 0.750. The standard InChI is InChI=1S/C4H10O.O.Ti/c1-3-4-5-2;;/h3-4H2,1-2H3;;. The van der Waals surface area contributed by atoms with Gasteiger partial charge in [-0.1, -0.05) is 6.92 Å². The van der Waals surface area contributed by atoms with Gasteiger partial charge in [0.05, 0.1) is 0 Å². The molecule has 0 saturated carbocycles. The summed E-state index contributed by atoms with van der Waals surface area (Å²) in [6, 6.07) is 0. The molecule has 0 aromatic carbocycles. The molecule has 0 unspecified atom stereocenters. The van der Waals surface area contributed by atoms with E-state index in [9.17, 15) is 0 Å². The second-order valence-corrected chi connectivity index (χ2v) is 0.993. The van der Waals surface area contributed by atoms with Crippen molar-refractivity contribution in [2.45, 2.75) is 13.3 Å². The van der Waals surface area contributed by atoms with Gasteiger partial charge in [0, 0.05) is 13.7 Å². The van der Waals surface area contributed by atoms with Gasteiger partial charge in [-0.05, 0) is 6.42 Å². The molecule has 0 heterocycles. The van der Waals surface area contributed by atoms with E-state index in [1.165, 1.54) is 0 Å². The van der Waals surface area contributed by atoms with Crippen molar-refractivity contribution >= 4 is 0 Å². The van der Waals surface area contributed by atoms with Crippen LogP contribution >= 0.6 is 0 Å². The molecule has 7 heavy (non-hydrogen) atoms. The first-order valence-electron chi connectivity index (χ1n) is 2.11. The van der Waals surface area contributed by atoms with Crippen LogP contribution in [0.2, 0.25) is 0 Å². The van der Waals surface area contributed by atoms with Crippen LogP contribution in [0.4, 0.5) is 0 Å². The first kappa shape index (κ1) is 10.5. The monoisotopic (exact) mass is 138 g/mol. The third-order valence-electron chi connectivity index (χ3n) is 0.408. The van der Waals surface area contributed by atoms with Gasteiger partial charge >= 0.3 is 23.7 Å². The van der Waals surface area contributed by atoms with Crippen LogP contribution < -0.4 is 0 Å². The Morgan fingerprint density at radius 2 is 2.00 bits per heavy atom. The van der Waals surface area contributed by atoms with E-state index in [0.29, 0.717) is 0 Å². The van der Waals surface area contributed by atoms with Crippen molar-refractivity contribution in [3.05, 3.63) is 0 Å². The van der Waals surface area contributed by atoms with Gasteiger partial charge in [-0.2, -0.15) is 0 Å². The van der Waals surface area contributed by atoms with E-state index in [2.05, 4.69) is 6.92 Å². The quantitative estimate of drug-likeness (QED) is 0.530. The molecule has 0 rings (SSSR count). The Kier molecular flexibility index (Phi) is 24.0. The zero-order valence-corrected chi connectivity index (χ0v) is 6.29. The average molecular weight is 138 g/mol. The Hall–Kier alpha value is 0.474. The summed E-state index contributed by atoms with van der Waals surface area (Å²) in [6.07, 6.45) is 1.12. The maximum atomic E-state index is 8.25. The number of hydrogen-bond donors (Lipinski definition) is 0. The van der Waals surface area contributed by atoms with Crippen molar-refractivity contribution < 1.29 is 28.5 Å². The second-order valence-electron chi connectivity index (χ2n) is 0.993. The predicted octanol–water partition coefficient (Wildman–Crippen LogP) is 0.921. The molecular weight excluding hydrogens is 128 g/mol.